The molecule has 1 rings (SSSR count). The van der Waals surface area contributed by atoms with E-state index in [1.54, 1.807) is 20.8 Å². The lowest BCUT2D eigenvalue weighted by atomic mass is 10.2. The van der Waals surface area contributed by atoms with Crippen LogP contribution >= 0.6 is 0 Å². The number of esters is 3. The normalized spacial score (nSPS) is 8.49. The summed E-state index contributed by atoms with van der Waals surface area (Å²) in [6, 6.07) is 9.55. The highest BCUT2D eigenvalue weighted by Crippen LogP contribution is 2.02. The van der Waals surface area contributed by atoms with Gasteiger partial charge in [-0.3, -0.25) is 0 Å². The van der Waals surface area contributed by atoms with Gasteiger partial charge in [-0.2, -0.15) is 0 Å². The Morgan fingerprint density at radius 1 is 0.857 bits per heavy atom. The van der Waals surface area contributed by atoms with Crippen LogP contribution in [0.5, 0.6) is 0 Å². The number of hydrogen-bond donors (Lipinski definition) is 1. The molecule has 1 aromatic rings. The molecule has 0 unspecified atom stereocenters. The van der Waals surface area contributed by atoms with Gasteiger partial charge in [-0.25, -0.2) is 19.2 Å². The molecular weight excluding hydrogens is 452 g/mol. The Bertz CT molecular complexity index is 838. The number of methoxy groups -OCH3 is 1. The maximum Gasteiger partial charge on any atom is 0.333 e. The van der Waals surface area contributed by atoms with E-state index in [1.165, 1.54) is 7.11 Å². The molecule has 35 heavy (non-hydrogen) atoms. The van der Waals surface area contributed by atoms with Crippen molar-refractivity contribution in [2.24, 2.45) is 0 Å². The molecule has 0 aromatic heterocycles. The van der Waals surface area contributed by atoms with E-state index < -0.39 is 5.97 Å². The fraction of sp³-hybridized carbons (Fsp3) is 0.333. The molecule has 0 heterocycles. The van der Waals surface area contributed by atoms with Gasteiger partial charge in [-0.1, -0.05) is 70.0 Å². The Kier molecular flexibility index (Phi) is 23.7. The van der Waals surface area contributed by atoms with E-state index in [2.05, 4.69) is 38.0 Å². The number of ether oxygens (including phenoxy) is 3. The van der Waals surface area contributed by atoms with Crippen molar-refractivity contribution in [2.75, 3.05) is 13.7 Å². The molecule has 1 N–H and O–H groups in total. The van der Waals surface area contributed by atoms with Gasteiger partial charge in [0.1, 0.15) is 6.61 Å². The molecule has 0 aliphatic rings. The maximum atomic E-state index is 11.0. The van der Waals surface area contributed by atoms with Crippen LogP contribution in [0, 0.1) is 0 Å². The van der Waals surface area contributed by atoms with E-state index in [4.69, 9.17) is 14.6 Å². The van der Waals surface area contributed by atoms with Crippen molar-refractivity contribution in [3.63, 3.8) is 0 Å². The van der Waals surface area contributed by atoms with E-state index in [0.717, 1.165) is 24.5 Å². The van der Waals surface area contributed by atoms with Crippen molar-refractivity contribution in [3.8, 4) is 0 Å². The number of hydrogen-bond acceptors (Lipinski definition) is 7. The van der Waals surface area contributed by atoms with E-state index >= 15 is 0 Å². The van der Waals surface area contributed by atoms with Crippen molar-refractivity contribution in [3.05, 3.63) is 85.0 Å². The maximum absolute atomic E-state index is 11.0. The predicted octanol–water partition coefficient (Wildman–Crippen LogP) is 5.20. The molecule has 0 aliphatic carbocycles. The second kappa shape index (κ2) is 23.2. The minimum Gasteiger partial charge on any atom is -0.478 e. The monoisotopic (exact) mass is 490 g/mol. The van der Waals surface area contributed by atoms with E-state index in [1.807, 2.05) is 30.3 Å². The summed E-state index contributed by atoms with van der Waals surface area (Å²) < 4.78 is 14.0. The molecule has 1 aromatic carbocycles. The second-order valence-electron chi connectivity index (χ2n) is 6.93. The third kappa shape index (κ3) is 26.2. The molecule has 0 fully saturated rings. The van der Waals surface area contributed by atoms with Gasteiger partial charge in [0.25, 0.3) is 0 Å². The lowest BCUT2D eigenvalue weighted by molar-refractivity contribution is -0.140. The third-order valence-electron chi connectivity index (χ3n) is 3.35. The van der Waals surface area contributed by atoms with Crippen molar-refractivity contribution in [1.82, 2.24) is 0 Å². The zero-order valence-corrected chi connectivity index (χ0v) is 21.4. The van der Waals surface area contributed by atoms with Crippen molar-refractivity contribution < 1.29 is 38.5 Å². The standard InChI is InChI=1S/C11H12O2.C8H14O2.C5H8O2.C3H4O2/c1-9(2)11(12)13-8-10-6-4-3-5-7-10;1-4-5-6-10-8(9)7(2)3;1-4(2)5(6)7-3;1-2-3(4)5/h3-7H,1,8H2,2H3;2,4-6H2,1,3H3;1H2,2-3H3;2H,1H2,(H,4,5). The van der Waals surface area contributed by atoms with E-state index in [9.17, 15) is 19.2 Å². The Balaban J connectivity index is -0.000000416. The molecular formula is C27H38O8. The minimum atomic E-state index is -0.981. The molecule has 0 radical (unpaired) electrons. The minimum absolute atomic E-state index is 0.284. The van der Waals surface area contributed by atoms with Gasteiger partial charge in [-0.05, 0) is 32.8 Å². The Hall–Kier alpha value is -3.94. The van der Waals surface area contributed by atoms with Gasteiger partial charge < -0.3 is 19.3 Å². The first-order chi connectivity index (χ1) is 16.3. The Morgan fingerprint density at radius 3 is 1.60 bits per heavy atom. The Morgan fingerprint density at radius 2 is 1.29 bits per heavy atom. The summed E-state index contributed by atoms with van der Waals surface area (Å²) >= 11 is 0. The zero-order valence-electron chi connectivity index (χ0n) is 21.4. The van der Waals surface area contributed by atoms with Gasteiger partial charge in [0.05, 0.1) is 13.7 Å². The highest BCUT2D eigenvalue weighted by molar-refractivity contribution is 5.87. The fourth-order valence-corrected chi connectivity index (χ4v) is 1.45. The highest BCUT2D eigenvalue weighted by atomic mass is 16.5. The molecule has 0 atom stereocenters. The molecule has 0 saturated heterocycles. The summed E-state index contributed by atoms with van der Waals surface area (Å²) in [5.74, 6) is -1.96. The fourth-order valence-electron chi connectivity index (χ4n) is 1.45. The van der Waals surface area contributed by atoms with Gasteiger partial charge in [0, 0.05) is 22.8 Å². The molecule has 8 nitrogen and oxygen atoms in total. The van der Waals surface area contributed by atoms with Gasteiger partial charge >= 0.3 is 23.9 Å². The number of aliphatic carboxylic acids is 1. The molecule has 194 valence electrons. The molecule has 8 heteroatoms. The second-order valence-corrected chi connectivity index (χ2v) is 6.93. The largest absolute Gasteiger partial charge is 0.478 e. The number of rotatable bonds is 9. The number of benzene rings is 1. The lowest BCUT2D eigenvalue weighted by Gasteiger charge is -2.03. The molecule has 0 spiro atoms. The molecule has 0 aliphatic heterocycles. The van der Waals surface area contributed by atoms with E-state index in [0.29, 0.717) is 29.9 Å². The van der Waals surface area contributed by atoms with Crippen molar-refractivity contribution >= 4 is 23.9 Å². The molecule has 0 bridgehead atoms. The number of carboxylic acids is 1. The first-order valence-corrected chi connectivity index (χ1v) is 10.6. The zero-order chi connectivity index (χ0) is 27.8. The van der Waals surface area contributed by atoms with Crippen LogP contribution in [0.4, 0.5) is 0 Å². The predicted molar refractivity (Wildman–Crippen MR) is 136 cm³/mol. The van der Waals surface area contributed by atoms with Crippen LogP contribution in [0.1, 0.15) is 46.1 Å². The SMILES string of the molecule is C=C(C)C(=O)OC.C=C(C)C(=O)OCCCC.C=C(C)C(=O)OCc1ccccc1.C=CC(=O)O. The quantitative estimate of drug-likeness (QED) is 0.217. The summed E-state index contributed by atoms with van der Waals surface area (Å²) in [5, 5.41) is 7.60. The summed E-state index contributed by atoms with van der Waals surface area (Å²) in [7, 11) is 1.33. The topological polar surface area (TPSA) is 116 Å². The number of carbonyl (C=O) groups excluding carboxylic acids is 3. The summed E-state index contributed by atoms with van der Waals surface area (Å²) in [6.45, 7) is 21.0. The van der Waals surface area contributed by atoms with Crippen LogP contribution in [0.25, 0.3) is 0 Å². The Labute approximate surface area is 208 Å². The van der Waals surface area contributed by atoms with Gasteiger partial charge in [0.15, 0.2) is 0 Å². The number of carboxylic acid groups (broad SMARTS) is 1. The summed E-state index contributed by atoms with van der Waals surface area (Å²) in [5.41, 5.74) is 2.31. The first kappa shape index (κ1) is 35.6. The molecule has 0 amide bonds. The van der Waals surface area contributed by atoms with Gasteiger partial charge in [-0.15, -0.1) is 0 Å². The summed E-state index contributed by atoms with van der Waals surface area (Å²) in [6.07, 6.45) is 2.81. The highest BCUT2D eigenvalue weighted by Gasteiger charge is 2.02. The van der Waals surface area contributed by atoms with Crippen LogP contribution in [0.2, 0.25) is 0 Å². The summed E-state index contributed by atoms with van der Waals surface area (Å²) in [4.78, 5) is 41.1. The first-order valence-electron chi connectivity index (χ1n) is 10.6. The molecule has 0 saturated carbocycles. The van der Waals surface area contributed by atoms with Crippen molar-refractivity contribution in [2.45, 2.75) is 47.1 Å². The smallest absolute Gasteiger partial charge is 0.333 e. The average molecular weight is 491 g/mol. The number of carbonyl (C=O) groups is 4. The lowest BCUT2D eigenvalue weighted by Crippen LogP contribution is -2.05. The average Bonchev–Trinajstić information content (AvgIpc) is 2.83. The van der Waals surface area contributed by atoms with Crippen molar-refractivity contribution in [1.29, 1.82) is 0 Å². The third-order valence-corrected chi connectivity index (χ3v) is 3.35. The van der Waals surface area contributed by atoms with Crippen LogP contribution in [-0.4, -0.2) is 42.7 Å². The number of unbranched alkanes of at least 4 members (excludes halogenated alkanes) is 1. The van der Waals surface area contributed by atoms with Crippen LogP contribution in [0.15, 0.2) is 79.4 Å². The van der Waals surface area contributed by atoms with Crippen LogP contribution in [0.3, 0.4) is 0 Å². The van der Waals surface area contributed by atoms with Gasteiger partial charge in [0.2, 0.25) is 0 Å². The van der Waals surface area contributed by atoms with Crippen LogP contribution in [-0.2, 0) is 40.0 Å². The van der Waals surface area contributed by atoms with Crippen LogP contribution < -0.4 is 0 Å². The van der Waals surface area contributed by atoms with E-state index in [-0.39, 0.29) is 17.9 Å².